The average Bonchev–Trinajstić information content (AvgIpc) is 2.94. The summed E-state index contributed by atoms with van der Waals surface area (Å²) in [7, 11) is 0. The number of aryl methyl sites for hydroxylation is 1. The third-order valence-electron chi connectivity index (χ3n) is 4.80. The van der Waals surface area contributed by atoms with Crippen LogP contribution in [0, 0.1) is 24.7 Å². The molecule has 10 heteroatoms. The Morgan fingerprint density at radius 1 is 1.27 bits per heavy atom. The summed E-state index contributed by atoms with van der Waals surface area (Å²) in [5.74, 6) is 0.630. The van der Waals surface area contributed by atoms with Crippen molar-refractivity contribution in [1.82, 2.24) is 5.32 Å². The highest BCUT2D eigenvalue weighted by Gasteiger charge is 2.28. The lowest BCUT2D eigenvalue weighted by atomic mass is 10.00. The van der Waals surface area contributed by atoms with Crippen LogP contribution >= 0.6 is 22.9 Å². The summed E-state index contributed by atoms with van der Waals surface area (Å²) in [5.41, 5.74) is 9.18. The van der Waals surface area contributed by atoms with Crippen LogP contribution in [0.4, 0.5) is 5.00 Å². The minimum atomic E-state index is -0.0312. The molecule has 178 valence electrons. The largest absolute Gasteiger partial charge is 0.378 e. The van der Waals surface area contributed by atoms with Crippen LogP contribution in [-0.2, 0) is 9.53 Å². The van der Waals surface area contributed by atoms with Gasteiger partial charge in [0.15, 0.2) is 0 Å². The first-order valence-corrected chi connectivity index (χ1v) is 11.7. The van der Waals surface area contributed by atoms with Gasteiger partial charge in [-0.2, -0.15) is 0 Å². The summed E-state index contributed by atoms with van der Waals surface area (Å²) in [6, 6.07) is 7.61. The highest BCUT2D eigenvalue weighted by Crippen LogP contribution is 2.39. The first kappa shape index (κ1) is 26.7. The molecule has 0 saturated carbocycles. The fraction of sp³-hybridized carbons (Fsp3) is 0.391. The number of nitrogens with two attached hydrogens (primary N) is 1. The quantitative estimate of drug-likeness (QED) is 0.279. The van der Waals surface area contributed by atoms with Crippen molar-refractivity contribution in [2.45, 2.75) is 27.7 Å². The van der Waals surface area contributed by atoms with Crippen LogP contribution < -0.4 is 16.0 Å². The Bertz CT molecular complexity index is 1030. The molecule has 8 nitrogen and oxygen atoms in total. The molecule has 0 aliphatic carbocycles. The van der Waals surface area contributed by atoms with Gasteiger partial charge in [0, 0.05) is 41.0 Å². The predicted octanol–water partition coefficient (Wildman–Crippen LogP) is 3.75. The lowest BCUT2D eigenvalue weighted by molar-refractivity contribution is -0.119. The molecule has 1 aromatic heterocycles. The summed E-state index contributed by atoms with van der Waals surface area (Å²) in [6.07, 6.45) is 0. The first-order chi connectivity index (χ1) is 15.7. The van der Waals surface area contributed by atoms with Crippen molar-refractivity contribution >= 4 is 51.2 Å². The number of thiophene rings is 1. The number of aliphatic imine (C=N–C) groups is 1. The number of hydrogen-bond donors (Lipinski definition) is 4. The van der Waals surface area contributed by atoms with Crippen molar-refractivity contribution in [3.63, 3.8) is 0 Å². The van der Waals surface area contributed by atoms with Crippen LogP contribution in [0.15, 0.2) is 29.3 Å². The van der Waals surface area contributed by atoms with Crippen LogP contribution in [0.1, 0.15) is 35.4 Å². The first-order valence-electron chi connectivity index (χ1n) is 10.5. The van der Waals surface area contributed by atoms with Crippen molar-refractivity contribution in [3.8, 4) is 0 Å². The zero-order valence-corrected chi connectivity index (χ0v) is 21.0. The number of halogens is 1. The van der Waals surface area contributed by atoms with E-state index in [4.69, 9.17) is 32.9 Å². The molecule has 1 aliphatic heterocycles. The van der Waals surface area contributed by atoms with Gasteiger partial charge < -0.3 is 15.8 Å². The lowest BCUT2D eigenvalue weighted by Gasteiger charge is -2.21. The fourth-order valence-corrected chi connectivity index (χ4v) is 4.52. The molecule has 0 atom stereocenters. The van der Waals surface area contributed by atoms with E-state index in [9.17, 15) is 4.79 Å². The average molecular weight is 491 g/mol. The van der Waals surface area contributed by atoms with Crippen LogP contribution in [0.3, 0.4) is 0 Å². The van der Waals surface area contributed by atoms with Crippen LogP contribution in [-0.4, -0.2) is 56.1 Å². The Morgan fingerprint density at radius 3 is 2.52 bits per heavy atom. The van der Waals surface area contributed by atoms with Crippen LogP contribution in [0.5, 0.6) is 0 Å². The maximum absolute atomic E-state index is 10.3. The SMILES string of the molecule is CC(=N)N1C(=N)CN=C(c2ccc(Cl)cc2)c2c1sc(C)c2C.CC(=O)NCCOCCN. The predicted molar refractivity (Wildman–Crippen MR) is 138 cm³/mol. The van der Waals surface area contributed by atoms with Crippen molar-refractivity contribution in [1.29, 1.82) is 10.8 Å². The number of nitrogens with one attached hydrogen (secondary N) is 3. The monoisotopic (exact) mass is 490 g/mol. The Hall–Kier alpha value is -2.59. The van der Waals surface area contributed by atoms with E-state index in [-0.39, 0.29) is 12.5 Å². The molecular formula is C23H31ClN6O2S. The zero-order valence-electron chi connectivity index (χ0n) is 19.4. The van der Waals surface area contributed by atoms with Gasteiger partial charge in [-0.3, -0.25) is 25.5 Å². The molecular weight excluding hydrogens is 460 g/mol. The molecule has 0 fully saturated rings. The molecule has 2 aromatic rings. The Kier molecular flexibility index (Phi) is 10.2. The molecule has 0 bridgehead atoms. The number of ether oxygens (including phenoxy) is 1. The van der Waals surface area contributed by atoms with Crippen molar-refractivity contribution < 1.29 is 9.53 Å². The number of rotatable bonds is 6. The highest BCUT2D eigenvalue weighted by atomic mass is 35.5. The van der Waals surface area contributed by atoms with Gasteiger partial charge in [-0.25, -0.2) is 0 Å². The van der Waals surface area contributed by atoms with Gasteiger partial charge in [0.2, 0.25) is 5.91 Å². The second-order valence-corrected chi connectivity index (χ2v) is 9.03. The summed E-state index contributed by atoms with van der Waals surface area (Å²) in [4.78, 5) is 17.8. The maximum Gasteiger partial charge on any atom is 0.216 e. The second kappa shape index (κ2) is 12.6. The van der Waals surface area contributed by atoms with Crippen LogP contribution in [0.25, 0.3) is 0 Å². The standard InChI is InChI=1S/C17H17ClN4S.C6H14N2O2/c1-9-10(2)23-17-15(9)16(12-4-6-13(18)7-5-12)21-8-14(20)22(17)11(3)19;1-6(9)8-3-5-10-4-2-7/h4-7,19-20H,8H2,1-3H3;2-5,7H2,1H3,(H,8,9). The van der Waals surface area contributed by atoms with Crippen molar-refractivity contribution in [3.05, 3.63) is 50.9 Å². The molecule has 3 rings (SSSR count). The topological polar surface area (TPSA) is 128 Å². The summed E-state index contributed by atoms with van der Waals surface area (Å²) in [5, 5.41) is 20.5. The van der Waals surface area contributed by atoms with E-state index in [2.05, 4.69) is 24.2 Å². The van der Waals surface area contributed by atoms with Gasteiger partial charge in [0.05, 0.1) is 25.5 Å². The highest BCUT2D eigenvalue weighted by molar-refractivity contribution is 7.17. The Morgan fingerprint density at radius 2 is 1.94 bits per heavy atom. The van der Waals surface area contributed by atoms with Gasteiger partial charge in [-0.1, -0.05) is 23.7 Å². The summed E-state index contributed by atoms with van der Waals surface area (Å²) in [6.45, 7) is 9.76. The molecule has 1 amide bonds. The van der Waals surface area contributed by atoms with E-state index < -0.39 is 0 Å². The normalized spacial score (nSPS) is 12.8. The van der Waals surface area contributed by atoms with E-state index in [1.54, 1.807) is 23.2 Å². The van der Waals surface area contributed by atoms with E-state index in [1.807, 2.05) is 24.3 Å². The summed E-state index contributed by atoms with van der Waals surface area (Å²) >= 11 is 7.61. The molecule has 1 aromatic carbocycles. The number of anilines is 1. The molecule has 33 heavy (non-hydrogen) atoms. The summed E-state index contributed by atoms with van der Waals surface area (Å²) < 4.78 is 4.99. The second-order valence-electron chi connectivity index (χ2n) is 7.39. The van der Waals surface area contributed by atoms with Crippen molar-refractivity contribution in [2.75, 3.05) is 37.7 Å². The number of nitrogens with zero attached hydrogens (tertiary/aromatic N) is 2. The number of carbonyl (C=O) groups excluding carboxylic acids is 1. The van der Waals surface area contributed by atoms with Gasteiger partial charge >= 0.3 is 0 Å². The number of hydrogen-bond acceptors (Lipinski definition) is 7. The third kappa shape index (κ3) is 7.20. The fourth-order valence-electron chi connectivity index (χ4n) is 3.15. The lowest BCUT2D eigenvalue weighted by Crippen LogP contribution is -2.35. The zero-order chi connectivity index (χ0) is 24.5. The number of amidine groups is 2. The van der Waals surface area contributed by atoms with Gasteiger partial charge in [0.25, 0.3) is 0 Å². The Balaban J connectivity index is 0.000000328. The minimum Gasteiger partial charge on any atom is -0.378 e. The number of fused-ring (bicyclic) bond motifs is 1. The molecule has 1 aliphatic rings. The molecule has 0 unspecified atom stereocenters. The smallest absolute Gasteiger partial charge is 0.216 e. The molecule has 0 spiro atoms. The third-order valence-corrected chi connectivity index (χ3v) is 6.24. The van der Waals surface area contributed by atoms with E-state index in [1.165, 1.54) is 11.8 Å². The molecule has 2 heterocycles. The Labute approximate surface area is 203 Å². The van der Waals surface area contributed by atoms with Gasteiger partial charge in [-0.05, 0) is 38.5 Å². The van der Waals surface area contributed by atoms with Crippen molar-refractivity contribution in [2.24, 2.45) is 10.7 Å². The maximum atomic E-state index is 10.3. The van der Waals surface area contributed by atoms with E-state index in [0.29, 0.717) is 43.0 Å². The molecule has 0 radical (unpaired) electrons. The van der Waals surface area contributed by atoms with E-state index >= 15 is 0 Å². The van der Waals surface area contributed by atoms with Crippen LogP contribution in [0.2, 0.25) is 5.02 Å². The minimum absolute atomic E-state index is 0.0312. The number of carbonyl (C=O) groups is 1. The molecule has 5 N–H and O–H groups in total. The van der Waals surface area contributed by atoms with Gasteiger partial charge in [-0.15, -0.1) is 11.3 Å². The number of benzene rings is 1. The van der Waals surface area contributed by atoms with Gasteiger partial charge in [0.1, 0.15) is 16.7 Å². The molecule has 0 saturated heterocycles. The van der Waals surface area contributed by atoms with E-state index in [0.717, 1.165) is 27.4 Å². The number of amides is 1.